The van der Waals surface area contributed by atoms with Gasteiger partial charge < -0.3 is 0 Å². The lowest BCUT2D eigenvalue weighted by Gasteiger charge is -1.90. The lowest BCUT2D eigenvalue weighted by atomic mass is 10.3. The molecule has 0 saturated carbocycles. The molecule has 1 N–H and O–H groups in total. The summed E-state index contributed by atoms with van der Waals surface area (Å²) in [5, 5.41) is 3.67. The van der Waals surface area contributed by atoms with Gasteiger partial charge in [0.05, 0.1) is 6.21 Å². The van der Waals surface area contributed by atoms with Crippen molar-refractivity contribution >= 4 is 11.9 Å². The van der Waals surface area contributed by atoms with E-state index in [4.69, 9.17) is 0 Å². The van der Waals surface area contributed by atoms with Crippen molar-refractivity contribution in [2.45, 2.75) is 0 Å². The van der Waals surface area contributed by atoms with Crippen LogP contribution in [0.25, 0.3) is 0 Å². The Hall–Kier alpha value is -1.58. The molecule has 0 amide bonds. The standard InChI is InChI=1S/C6H5N3O/c1-2-5-6(4-7-3-1)9-10-8-5/h1-4,8H. The van der Waals surface area contributed by atoms with Gasteiger partial charge in [-0.15, -0.1) is 0 Å². The molecule has 50 valence electrons. The fraction of sp³-hybridized carbons (Fsp3) is 0. The van der Waals surface area contributed by atoms with Crippen LogP contribution in [0.3, 0.4) is 0 Å². The van der Waals surface area contributed by atoms with E-state index in [1.54, 1.807) is 12.4 Å². The number of allylic oxidation sites excluding steroid dienone is 3. The van der Waals surface area contributed by atoms with Crippen LogP contribution in [0.4, 0.5) is 0 Å². The van der Waals surface area contributed by atoms with Crippen molar-refractivity contribution in [3.05, 3.63) is 24.0 Å². The summed E-state index contributed by atoms with van der Waals surface area (Å²) in [6.07, 6.45) is 6.99. The molecule has 0 aromatic carbocycles. The Morgan fingerprint density at radius 2 is 2.50 bits per heavy atom. The number of aliphatic imine (C=N–C) groups is 1. The van der Waals surface area contributed by atoms with Gasteiger partial charge in [-0.25, -0.2) is 0 Å². The molecule has 4 heteroatoms. The second-order valence-corrected chi connectivity index (χ2v) is 1.87. The van der Waals surface area contributed by atoms with E-state index < -0.39 is 0 Å². The van der Waals surface area contributed by atoms with Crippen molar-refractivity contribution in [3.63, 3.8) is 0 Å². The zero-order valence-corrected chi connectivity index (χ0v) is 5.11. The number of fused-ring (bicyclic) bond motifs is 1. The van der Waals surface area contributed by atoms with E-state index in [1.165, 1.54) is 0 Å². The van der Waals surface area contributed by atoms with Crippen molar-refractivity contribution in [3.8, 4) is 0 Å². The molecule has 2 heterocycles. The zero-order chi connectivity index (χ0) is 6.81. The average Bonchev–Trinajstić information content (AvgIpc) is 2.28. The molecule has 4 nitrogen and oxygen atoms in total. The Balaban J connectivity index is 2.42. The minimum atomic E-state index is 0.727. The minimum Gasteiger partial charge on any atom is -0.270 e. The summed E-state index contributed by atoms with van der Waals surface area (Å²) in [6, 6.07) is 0. The van der Waals surface area contributed by atoms with Gasteiger partial charge in [-0.2, -0.15) is 5.48 Å². The van der Waals surface area contributed by atoms with E-state index in [-0.39, 0.29) is 0 Å². The van der Waals surface area contributed by atoms with Gasteiger partial charge in [0.2, 0.25) is 0 Å². The Kier molecular flexibility index (Phi) is 1.04. The van der Waals surface area contributed by atoms with Crippen LogP contribution in [0.15, 0.2) is 34.2 Å². The highest BCUT2D eigenvalue weighted by atomic mass is 16.8. The second kappa shape index (κ2) is 1.98. The molecular weight excluding hydrogens is 130 g/mol. The number of nitrogens with one attached hydrogen (secondary N) is 1. The normalized spacial score (nSPS) is 20.0. The Labute approximate surface area is 57.5 Å². The Morgan fingerprint density at radius 3 is 3.50 bits per heavy atom. The van der Waals surface area contributed by atoms with Crippen molar-refractivity contribution < 1.29 is 4.94 Å². The average molecular weight is 135 g/mol. The molecule has 0 atom stereocenters. The molecule has 0 aliphatic carbocycles. The van der Waals surface area contributed by atoms with Gasteiger partial charge in [-0.3, -0.25) is 9.93 Å². The Morgan fingerprint density at radius 1 is 1.50 bits per heavy atom. The number of hydrogen-bond donors (Lipinski definition) is 1. The Bertz CT molecular complexity index is 262. The topological polar surface area (TPSA) is 46.0 Å². The highest BCUT2D eigenvalue weighted by molar-refractivity contribution is 6.38. The summed E-state index contributed by atoms with van der Waals surface area (Å²) >= 11 is 0. The molecule has 2 aliphatic rings. The maximum absolute atomic E-state index is 4.59. The highest BCUT2D eigenvalue weighted by Gasteiger charge is 2.12. The second-order valence-electron chi connectivity index (χ2n) is 1.87. The van der Waals surface area contributed by atoms with Gasteiger partial charge in [0.25, 0.3) is 0 Å². The molecular formula is C6H5N3O. The molecule has 0 spiro atoms. The molecule has 0 saturated heterocycles. The SMILES string of the molecule is C1=CN=CC2=NONC2=C1. The van der Waals surface area contributed by atoms with Gasteiger partial charge in [-0.1, -0.05) is 5.16 Å². The van der Waals surface area contributed by atoms with Gasteiger partial charge in [0.1, 0.15) is 5.70 Å². The summed E-state index contributed by atoms with van der Waals surface area (Å²) < 4.78 is 0. The fourth-order valence-corrected chi connectivity index (χ4v) is 0.738. The van der Waals surface area contributed by atoms with E-state index in [2.05, 4.69) is 20.6 Å². The van der Waals surface area contributed by atoms with Crippen molar-refractivity contribution in [1.29, 1.82) is 0 Å². The maximum Gasteiger partial charge on any atom is 0.150 e. The molecule has 0 unspecified atom stereocenters. The van der Waals surface area contributed by atoms with Crippen LogP contribution in [-0.2, 0) is 4.94 Å². The summed E-state index contributed by atoms with van der Waals surface area (Å²) in [5.41, 5.74) is 4.19. The van der Waals surface area contributed by atoms with Crippen molar-refractivity contribution in [2.24, 2.45) is 10.1 Å². The van der Waals surface area contributed by atoms with Gasteiger partial charge in [0.15, 0.2) is 5.71 Å². The van der Waals surface area contributed by atoms with Crippen LogP contribution < -0.4 is 5.48 Å². The summed E-state index contributed by atoms with van der Waals surface area (Å²) in [6.45, 7) is 0. The largest absolute Gasteiger partial charge is 0.270 e. The van der Waals surface area contributed by atoms with Crippen molar-refractivity contribution in [1.82, 2.24) is 5.48 Å². The van der Waals surface area contributed by atoms with Crippen LogP contribution in [0.1, 0.15) is 0 Å². The lowest BCUT2D eigenvalue weighted by Crippen LogP contribution is -2.09. The van der Waals surface area contributed by atoms with Crippen LogP contribution in [0.5, 0.6) is 0 Å². The first-order chi connectivity index (χ1) is 4.97. The lowest BCUT2D eigenvalue weighted by molar-refractivity contribution is 0.0906. The first-order valence-corrected chi connectivity index (χ1v) is 2.87. The predicted octanol–water partition coefficient (Wildman–Crippen LogP) is 0.359. The first kappa shape index (κ1) is 5.22. The van der Waals surface area contributed by atoms with Crippen LogP contribution in [0, 0.1) is 0 Å². The number of hydroxylamine groups is 1. The van der Waals surface area contributed by atoms with E-state index >= 15 is 0 Å². The first-order valence-electron chi connectivity index (χ1n) is 2.87. The minimum absolute atomic E-state index is 0.727. The number of hydrogen-bond acceptors (Lipinski definition) is 4. The number of oxime groups is 1. The van der Waals surface area contributed by atoms with E-state index in [9.17, 15) is 0 Å². The van der Waals surface area contributed by atoms with E-state index in [0.29, 0.717) is 0 Å². The number of nitrogens with zero attached hydrogens (tertiary/aromatic N) is 2. The molecule has 10 heavy (non-hydrogen) atoms. The van der Waals surface area contributed by atoms with Crippen LogP contribution in [0.2, 0.25) is 0 Å². The van der Waals surface area contributed by atoms with Crippen LogP contribution >= 0.6 is 0 Å². The third-order valence-corrected chi connectivity index (χ3v) is 1.21. The van der Waals surface area contributed by atoms with Gasteiger partial charge in [0, 0.05) is 6.20 Å². The monoisotopic (exact) mass is 135 g/mol. The fourth-order valence-electron chi connectivity index (χ4n) is 0.738. The summed E-state index contributed by atoms with van der Waals surface area (Å²) in [7, 11) is 0. The summed E-state index contributed by atoms with van der Waals surface area (Å²) in [4.78, 5) is 8.50. The highest BCUT2D eigenvalue weighted by Crippen LogP contribution is 2.03. The zero-order valence-electron chi connectivity index (χ0n) is 5.11. The summed E-state index contributed by atoms with van der Waals surface area (Å²) in [5.74, 6) is 0. The quantitative estimate of drug-likeness (QED) is 0.521. The molecule has 0 aromatic heterocycles. The van der Waals surface area contributed by atoms with Gasteiger partial charge >= 0.3 is 0 Å². The third kappa shape index (κ3) is 0.699. The molecule has 2 rings (SSSR count). The molecule has 2 aliphatic heterocycles. The van der Waals surface area contributed by atoms with E-state index in [1.807, 2.05) is 12.2 Å². The number of rotatable bonds is 0. The molecule has 0 aromatic rings. The van der Waals surface area contributed by atoms with Crippen LogP contribution in [-0.4, -0.2) is 11.9 Å². The van der Waals surface area contributed by atoms with E-state index in [0.717, 1.165) is 11.4 Å². The van der Waals surface area contributed by atoms with Gasteiger partial charge in [-0.05, 0) is 12.2 Å². The smallest absolute Gasteiger partial charge is 0.150 e. The molecule has 0 fully saturated rings. The molecule has 0 bridgehead atoms. The maximum atomic E-state index is 4.59. The third-order valence-electron chi connectivity index (χ3n) is 1.21. The molecule has 0 radical (unpaired) electrons. The van der Waals surface area contributed by atoms with Crippen molar-refractivity contribution in [2.75, 3.05) is 0 Å². The predicted molar refractivity (Wildman–Crippen MR) is 37.4 cm³/mol.